The number of esters is 1. The van der Waals surface area contributed by atoms with Crippen molar-refractivity contribution < 1.29 is 14.5 Å². The minimum absolute atomic E-state index is 0.0423. The molecule has 0 spiro atoms. The van der Waals surface area contributed by atoms with E-state index in [1.807, 2.05) is 6.92 Å². The van der Waals surface area contributed by atoms with Crippen LogP contribution >= 0.6 is 0 Å². The topological polar surface area (TPSA) is 69.4 Å². The van der Waals surface area contributed by atoms with Crippen molar-refractivity contribution in [3.05, 3.63) is 39.9 Å². The predicted octanol–water partition coefficient (Wildman–Crippen LogP) is 2.22. The van der Waals surface area contributed by atoms with Crippen molar-refractivity contribution in [2.45, 2.75) is 19.4 Å². The zero-order valence-corrected chi connectivity index (χ0v) is 8.75. The molecule has 84 valence electrons. The molecule has 0 saturated carbocycles. The first-order chi connectivity index (χ1) is 7.58. The number of benzene rings is 1. The number of nitro groups is 1. The summed E-state index contributed by atoms with van der Waals surface area (Å²) in [6.07, 6.45) is 0.134. The third-order valence-corrected chi connectivity index (χ3v) is 2.70. The molecule has 5 nitrogen and oxygen atoms in total. The number of hydrogen-bond acceptors (Lipinski definition) is 4. The van der Waals surface area contributed by atoms with Crippen molar-refractivity contribution >= 4 is 11.7 Å². The third kappa shape index (κ3) is 1.88. The molecule has 0 radical (unpaired) electrons. The molecule has 1 heterocycles. The van der Waals surface area contributed by atoms with Crippen LogP contribution in [-0.4, -0.2) is 10.9 Å². The van der Waals surface area contributed by atoms with Gasteiger partial charge in [-0.15, -0.1) is 0 Å². The van der Waals surface area contributed by atoms with Crippen LogP contribution in [0.15, 0.2) is 24.3 Å². The Kier molecular flexibility index (Phi) is 2.60. The summed E-state index contributed by atoms with van der Waals surface area (Å²) >= 11 is 0. The predicted molar refractivity (Wildman–Crippen MR) is 55.7 cm³/mol. The Balaban J connectivity index is 2.22. The van der Waals surface area contributed by atoms with Gasteiger partial charge in [0.15, 0.2) is 0 Å². The minimum Gasteiger partial charge on any atom is -0.457 e. The van der Waals surface area contributed by atoms with Crippen LogP contribution in [-0.2, 0) is 9.53 Å². The molecule has 1 fully saturated rings. The highest BCUT2D eigenvalue weighted by atomic mass is 16.6. The molecule has 1 aromatic rings. The summed E-state index contributed by atoms with van der Waals surface area (Å²) in [6.45, 7) is 1.93. The van der Waals surface area contributed by atoms with Gasteiger partial charge < -0.3 is 4.74 Å². The molecule has 16 heavy (non-hydrogen) atoms. The minimum atomic E-state index is -0.451. The molecule has 1 aromatic carbocycles. The van der Waals surface area contributed by atoms with Crippen molar-refractivity contribution in [3.63, 3.8) is 0 Å². The van der Waals surface area contributed by atoms with E-state index in [0.717, 1.165) is 5.56 Å². The molecule has 2 rings (SSSR count). The lowest BCUT2D eigenvalue weighted by Crippen LogP contribution is -2.04. The van der Waals surface area contributed by atoms with Crippen LogP contribution in [0.1, 0.15) is 25.0 Å². The molecule has 0 unspecified atom stereocenters. The summed E-state index contributed by atoms with van der Waals surface area (Å²) in [4.78, 5) is 21.1. The van der Waals surface area contributed by atoms with Gasteiger partial charge in [-0.05, 0) is 17.7 Å². The Morgan fingerprint density at radius 2 is 2.00 bits per heavy atom. The average Bonchev–Trinajstić information content (AvgIpc) is 2.58. The summed E-state index contributed by atoms with van der Waals surface area (Å²) in [5, 5.41) is 10.5. The highest BCUT2D eigenvalue weighted by molar-refractivity contribution is 5.72. The van der Waals surface area contributed by atoms with Crippen molar-refractivity contribution in [2.75, 3.05) is 0 Å². The van der Waals surface area contributed by atoms with Gasteiger partial charge >= 0.3 is 5.97 Å². The molecule has 0 bridgehead atoms. The third-order valence-electron chi connectivity index (χ3n) is 2.70. The van der Waals surface area contributed by atoms with E-state index in [9.17, 15) is 14.9 Å². The Bertz CT molecular complexity index is 426. The maximum absolute atomic E-state index is 11.1. The van der Waals surface area contributed by atoms with Crippen molar-refractivity contribution in [3.8, 4) is 0 Å². The van der Waals surface area contributed by atoms with E-state index >= 15 is 0 Å². The van der Waals surface area contributed by atoms with Crippen molar-refractivity contribution in [2.24, 2.45) is 5.92 Å². The average molecular weight is 221 g/mol. The molecule has 1 aliphatic heterocycles. The number of non-ortho nitro benzene ring substituents is 1. The summed E-state index contributed by atoms with van der Waals surface area (Å²) < 4.78 is 5.15. The van der Waals surface area contributed by atoms with E-state index in [-0.39, 0.29) is 23.7 Å². The first-order valence-corrected chi connectivity index (χ1v) is 5.02. The monoisotopic (exact) mass is 221 g/mol. The largest absolute Gasteiger partial charge is 0.457 e. The Morgan fingerprint density at radius 3 is 2.44 bits per heavy atom. The fraction of sp³-hybridized carbons (Fsp3) is 0.364. The lowest BCUT2D eigenvalue weighted by Gasteiger charge is -2.13. The highest BCUT2D eigenvalue weighted by Gasteiger charge is 2.32. The molecule has 0 amide bonds. The van der Waals surface area contributed by atoms with E-state index < -0.39 is 4.92 Å². The normalized spacial score (nSPS) is 24.2. The van der Waals surface area contributed by atoms with E-state index in [0.29, 0.717) is 6.42 Å². The number of nitro benzene ring substituents is 1. The lowest BCUT2D eigenvalue weighted by atomic mass is 9.97. The van der Waals surface area contributed by atoms with Crippen LogP contribution in [0.3, 0.4) is 0 Å². The van der Waals surface area contributed by atoms with Crippen molar-refractivity contribution in [1.29, 1.82) is 0 Å². The van der Waals surface area contributed by atoms with Crippen LogP contribution in [0, 0.1) is 16.0 Å². The van der Waals surface area contributed by atoms with Gasteiger partial charge in [-0.1, -0.05) is 6.92 Å². The molecule has 1 saturated heterocycles. The molecule has 2 atom stereocenters. The lowest BCUT2D eigenvalue weighted by molar-refractivity contribution is -0.384. The SMILES string of the molecule is C[C@H]1CC(=O)O[C@H]1c1ccc([N+](=O)[O-])cc1. The molecule has 0 aromatic heterocycles. The van der Waals surface area contributed by atoms with Gasteiger partial charge in [-0.2, -0.15) is 0 Å². The standard InChI is InChI=1S/C11H11NO4/c1-7-6-10(13)16-11(7)8-2-4-9(5-3-8)12(14)15/h2-5,7,11H,6H2,1H3/t7-,11+/m0/s1. The van der Waals surface area contributed by atoms with Crippen LogP contribution in [0.25, 0.3) is 0 Å². The second kappa shape index (κ2) is 3.92. The first kappa shape index (κ1) is 10.6. The summed E-state index contributed by atoms with van der Waals surface area (Å²) in [6, 6.07) is 6.12. The van der Waals surface area contributed by atoms with Crippen LogP contribution in [0.2, 0.25) is 0 Å². The molecule has 0 aliphatic carbocycles. The van der Waals surface area contributed by atoms with Crippen LogP contribution in [0.4, 0.5) is 5.69 Å². The number of rotatable bonds is 2. The van der Waals surface area contributed by atoms with Gasteiger partial charge in [0.2, 0.25) is 0 Å². The number of carbonyl (C=O) groups excluding carboxylic acids is 1. The molecular weight excluding hydrogens is 210 g/mol. The van der Waals surface area contributed by atoms with Gasteiger partial charge in [0, 0.05) is 18.1 Å². The fourth-order valence-corrected chi connectivity index (χ4v) is 1.86. The molecule has 1 aliphatic rings. The number of hydrogen-bond donors (Lipinski definition) is 0. The van der Waals surface area contributed by atoms with Crippen molar-refractivity contribution in [1.82, 2.24) is 0 Å². The van der Waals surface area contributed by atoms with Gasteiger partial charge in [0.25, 0.3) is 5.69 Å². The first-order valence-electron chi connectivity index (χ1n) is 5.02. The summed E-state index contributed by atoms with van der Waals surface area (Å²) in [5.74, 6) is -0.0928. The zero-order valence-electron chi connectivity index (χ0n) is 8.75. The smallest absolute Gasteiger partial charge is 0.306 e. The van der Waals surface area contributed by atoms with Crippen LogP contribution < -0.4 is 0 Å². The van der Waals surface area contributed by atoms with Gasteiger partial charge in [0.1, 0.15) is 6.10 Å². The summed E-state index contributed by atoms with van der Waals surface area (Å²) in [5.41, 5.74) is 0.852. The summed E-state index contributed by atoms with van der Waals surface area (Å²) in [7, 11) is 0. The second-order valence-electron chi connectivity index (χ2n) is 3.94. The Morgan fingerprint density at radius 1 is 1.38 bits per heavy atom. The van der Waals surface area contributed by atoms with E-state index in [2.05, 4.69) is 0 Å². The zero-order chi connectivity index (χ0) is 11.7. The number of cyclic esters (lactones) is 1. The Labute approximate surface area is 92.2 Å². The Hall–Kier alpha value is -1.91. The highest BCUT2D eigenvalue weighted by Crippen LogP contribution is 2.35. The van der Waals surface area contributed by atoms with E-state index in [4.69, 9.17) is 4.74 Å². The second-order valence-corrected chi connectivity index (χ2v) is 3.94. The maximum Gasteiger partial charge on any atom is 0.306 e. The number of nitrogens with zero attached hydrogens (tertiary/aromatic N) is 1. The molecule has 5 heteroatoms. The number of ether oxygens (including phenoxy) is 1. The quantitative estimate of drug-likeness (QED) is 0.436. The fourth-order valence-electron chi connectivity index (χ4n) is 1.86. The van der Waals surface area contributed by atoms with Gasteiger partial charge in [-0.25, -0.2) is 0 Å². The van der Waals surface area contributed by atoms with E-state index in [1.165, 1.54) is 12.1 Å². The van der Waals surface area contributed by atoms with Crippen LogP contribution in [0.5, 0.6) is 0 Å². The van der Waals surface area contributed by atoms with Gasteiger partial charge in [0.05, 0.1) is 11.3 Å². The molecular formula is C11H11NO4. The van der Waals surface area contributed by atoms with E-state index in [1.54, 1.807) is 12.1 Å². The molecule has 0 N–H and O–H groups in total. The maximum atomic E-state index is 11.1. The number of carbonyl (C=O) groups is 1. The van der Waals surface area contributed by atoms with Gasteiger partial charge in [-0.3, -0.25) is 14.9 Å².